The summed E-state index contributed by atoms with van der Waals surface area (Å²) in [5, 5.41) is 4.01. The molecule has 0 heterocycles. The number of nitrogens with zero attached hydrogens (tertiary/aromatic N) is 1. The van der Waals surface area contributed by atoms with Crippen molar-refractivity contribution in [1.82, 2.24) is 10.2 Å². The first-order chi connectivity index (χ1) is 12.8. The van der Waals surface area contributed by atoms with E-state index in [1.54, 1.807) is 0 Å². The molecule has 2 aliphatic carbocycles. The molecule has 0 aromatic rings. The summed E-state index contributed by atoms with van der Waals surface area (Å²) >= 11 is 9.23. The van der Waals surface area contributed by atoms with E-state index in [-0.39, 0.29) is 0 Å². The highest BCUT2D eigenvalue weighted by Gasteiger charge is 2.35. The standard InChI is InChI=1S/C14H27N.C9H19NS2/c1-13(9-5-3-6-10-13)15-14(2)11-7-4-8-12-14;1-3-5-7-10(9(11)12)8-6-4-2/h15H,3-12H2,1-2H3;3-8H2,1-2H3,(H,11,12). The molecule has 0 aromatic carbocycles. The second-order valence-electron chi connectivity index (χ2n) is 9.34. The Morgan fingerprint density at radius 3 is 1.48 bits per heavy atom. The first kappa shape index (κ1) is 25.2. The maximum Gasteiger partial charge on any atom is 0.133 e. The van der Waals surface area contributed by atoms with Crippen molar-refractivity contribution in [3.8, 4) is 0 Å². The van der Waals surface area contributed by atoms with Crippen molar-refractivity contribution in [3.63, 3.8) is 0 Å². The summed E-state index contributed by atoms with van der Waals surface area (Å²) in [6, 6.07) is 0. The van der Waals surface area contributed by atoms with Crippen LogP contribution in [0.25, 0.3) is 0 Å². The molecule has 2 saturated carbocycles. The third-order valence-electron chi connectivity index (χ3n) is 6.35. The number of hydrogen-bond donors (Lipinski definition) is 2. The molecule has 1 N–H and O–H groups in total. The fourth-order valence-electron chi connectivity index (χ4n) is 4.64. The molecule has 2 fully saturated rings. The Morgan fingerprint density at radius 1 is 0.815 bits per heavy atom. The molecule has 2 rings (SSSR count). The molecule has 0 spiro atoms. The van der Waals surface area contributed by atoms with E-state index in [1.807, 2.05) is 0 Å². The van der Waals surface area contributed by atoms with Gasteiger partial charge in [0.15, 0.2) is 0 Å². The van der Waals surface area contributed by atoms with Crippen LogP contribution in [0.5, 0.6) is 0 Å². The Morgan fingerprint density at radius 2 is 1.19 bits per heavy atom. The van der Waals surface area contributed by atoms with Gasteiger partial charge in [0.1, 0.15) is 4.32 Å². The monoisotopic (exact) mass is 414 g/mol. The zero-order valence-electron chi connectivity index (χ0n) is 18.6. The van der Waals surface area contributed by atoms with Gasteiger partial charge in [0.25, 0.3) is 0 Å². The van der Waals surface area contributed by atoms with Crippen LogP contribution in [-0.4, -0.2) is 33.4 Å². The molecular formula is C23H46N2S2. The summed E-state index contributed by atoms with van der Waals surface area (Å²) in [7, 11) is 0. The third-order valence-corrected chi connectivity index (χ3v) is 6.89. The van der Waals surface area contributed by atoms with Crippen LogP contribution in [0.4, 0.5) is 0 Å². The Bertz CT molecular complexity index is 369. The van der Waals surface area contributed by atoms with Gasteiger partial charge in [-0.15, -0.1) is 12.6 Å². The maximum atomic E-state index is 5.03. The van der Waals surface area contributed by atoms with E-state index in [0.717, 1.165) is 17.4 Å². The molecule has 0 unspecified atom stereocenters. The van der Waals surface area contributed by atoms with E-state index < -0.39 is 0 Å². The van der Waals surface area contributed by atoms with E-state index in [1.165, 1.54) is 89.9 Å². The van der Waals surface area contributed by atoms with Crippen molar-refractivity contribution >= 4 is 29.2 Å². The second-order valence-corrected chi connectivity index (χ2v) is 10.5. The Labute approximate surface area is 181 Å². The summed E-state index contributed by atoms with van der Waals surface area (Å²) in [4.78, 5) is 2.19. The van der Waals surface area contributed by atoms with Gasteiger partial charge < -0.3 is 10.2 Å². The topological polar surface area (TPSA) is 15.3 Å². The molecule has 0 atom stereocenters. The van der Waals surface area contributed by atoms with Crippen LogP contribution in [-0.2, 0) is 0 Å². The third kappa shape index (κ3) is 10.5. The molecule has 0 aromatic heterocycles. The van der Waals surface area contributed by atoms with Crippen LogP contribution in [0.15, 0.2) is 0 Å². The van der Waals surface area contributed by atoms with E-state index in [0.29, 0.717) is 11.1 Å². The summed E-state index contributed by atoms with van der Waals surface area (Å²) in [5.74, 6) is 0. The lowest BCUT2D eigenvalue weighted by atomic mass is 9.77. The molecule has 2 nitrogen and oxygen atoms in total. The van der Waals surface area contributed by atoms with Gasteiger partial charge in [-0.25, -0.2) is 0 Å². The molecule has 160 valence electrons. The van der Waals surface area contributed by atoms with E-state index in [2.05, 4.69) is 50.5 Å². The first-order valence-corrected chi connectivity index (χ1v) is 12.5. The van der Waals surface area contributed by atoms with Gasteiger partial charge in [-0.2, -0.15) is 0 Å². The summed E-state index contributed by atoms with van der Waals surface area (Å²) in [6.45, 7) is 11.4. The largest absolute Gasteiger partial charge is 0.358 e. The minimum Gasteiger partial charge on any atom is -0.358 e. The van der Waals surface area contributed by atoms with E-state index in [4.69, 9.17) is 12.2 Å². The lowest BCUT2D eigenvalue weighted by molar-refractivity contribution is 0.145. The Hall–Kier alpha value is 0.200. The van der Waals surface area contributed by atoms with Crippen molar-refractivity contribution in [2.45, 2.75) is 129 Å². The number of thiocarbonyl (C=S) groups is 1. The molecule has 0 amide bonds. The number of rotatable bonds is 8. The highest BCUT2D eigenvalue weighted by Crippen LogP contribution is 2.34. The van der Waals surface area contributed by atoms with Gasteiger partial charge in [0.05, 0.1) is 0 Å². The number of unbranched alkanes of at least 4 members (excludes halogenated alkanes) is 2. The van der Waals surface area contributed by atoms with Gasteiger partial charge in [0, 0.05) is 24.2 Å². The van der Waals surface area contributed by atoms with E-state index >= 15 is 0 Å². The quantitative estimate of drug-likeness (QED) is 0.325. The SMILES string of the molecule is CC1(NC2(C)CCCCC2)CCCCC1.CCCCN(CCCC)C(=S)S. The highest BCUT2D eigenvalue weighted by atomic mass is 32.1. The number of thiol groups is 1. The average molecular weight is 415 g/mol. The fraction of sp³-hybridized carbons (Fsp3) is 0.957. The second kappa shape index (κ2) is 13.4. The molecule has 0 aliphatic heterocycles. The molecule has 2 aliphatic rings. The molecule has 0 saturated heterocycles. The Kier molecular flexibility index (Phi) is 12.6. The van der Waals surface area contributed by atoms with Crippen molar-refractivity contribution in [3.05, 3.63) is 0 Å². The van der Waals surface area contributed by atoms with Gasteiger partial charge in [0.2, 0.25) is 0 Å². The van der Waals surface area contributed by atoms with Crippen LogP contribution in [0.3, 0.4) is 0 Å². The predicted octanol–water partition coefficient (Wildman–Crippen LogP) is 7.12. The van der Waals surface area contributed by atoms with Crippen LogP contribution in [0.1, 0.15) is 118 Å². The molecular weight excluding hydrogens is 368 g/mol. The van der Waals surface area contributed by atoms with Gasteiger partial charge in [-0.3, -0.25) is 0 Å². The van der Waals surface area contributed by atoms with Crippen LogP contribution >= 0.6 is 24.8 Å². The van der Waals surface area contributed by atoms with Crippen LogP contribution < -0.4 is 5.32 Å². The maximum absolute atomic E-state index is 5.03. The highest BCUT2D eigenvalue weighted by molar-refractivity contribution is 8.10. The van der Waals surface area contributed by atoms with Gasteiger partial charge >= 0.3 is 0 Å². The number of hydrogen-bond acceptors (Lipinski definition) is 2. The normalized spacial score (nSPS) is 21.1. The van der Waals surface area contributed by atoms with Crippen molar-refractivity contribution in [2.24, 2.45) is 0 Å². The molecule has 0 radical (unpaired) electrons. The lowest BCUT2D eigenvalue weighted by Crippen LogP contribution is -2.56. The average Bonchev–Trinajstić information content (AvgIpc) is 2.62. The summed E-state index contributed by atoms with van der Waals surface area (Å²) in [5.41, 5.74) is 0.898. The van der Waals surface area contributed by atoms with Gasteiger partial charge in [-0.05, 0) is 52.4 Å². The van der Waals surface area contributed by atoms with Crippen molar-refractivity contribution in [1.29, 1.82) is 0 Å². The minimum absolute atomic E-state index is 0.449. The van der Waals surface area contributed by atoms with Crippen LogP contribution in [0.2, 0.25) is 0 Å². The Balaban J connectivity index is 0.000000279. The van der Waals surface area contributed by atoms with E-state index in [9.17, 15) is 0 Å². The smallest absolute Gasteiger partial charge is 0.133 e. The zero-order chi connectivity index (χ0) is 20.2. The molecule has 27 heavy (non-hydrogen) atoms. The minimum atomic E-state index is 0.449. The van der Waals surface area contributed by atoms with Crippen molar-refractivity contribution < 1.29 is 0 Å². The first-order valence-electron chi connectivity index (χ1n) is 11.6. The molecule has 4 heteroatoms. The molecule has 0 bridgehead atoms. The predicted molar refractivity (Wildman–Crippen MR) is 129 cm³/mol. The summed E-state index contributed by atoms with van der Waals surface area (Å²) < 4.78 is 0.747. The lowest BCUT2D eigenvalue weighted by Gasteiger charge is -2.45. The fourth-order valence-corrected chi connectivity index (χ4v) is 5.03. The van der Waals surface area contributed by atoms with Crippen molar-refractivity contribution in [2.75, 3.05) is 13.1 Å². The number of nitrogens with one attached hydrogen (secondary N) is 1. The van der Waals surface area contributed by atoms with Gasteiger partial charge in [-0.1, -0.05) is 77.4 Å². The van der Waals surface area contributed by atoms with Crippen LogP contribution in [0, 0.1) is 0 Å². The zero-order valence-corrected chi connectivity index (χ0v) is 20.3. The summed E-state index contributed by atoms with van der Waals surface area (Å²) in [6.07, 6.45) is 19.1.